The lowest BCUT2D eigenvalue weighted by molar-refractivity contribution is -0.139. The van der Waals surface area contributed by atoms with E-state index < -0.39 is 28.5 Å². The number of benzene rings is 3. The number of sulfonamides is 1. The van der Waals surface area contributed by atoms with E-state index in [9.17, 15) is 18.0 Å². The predicted molar refractivity (Wildman–Crippen MR) is 161 cm³/mol. The highest BCUT2D eigenvalue weighted by molar-refractivity contribution is 7.92. The molecular weight excluding hydrogens is 569 g/mol. The Kier molecular flexibility index (Phi) is 11.0. The maximum absolute atomic E-state index is 13.9. The van der Waals surface area contributed by atoms with E-state index in [-0.39, 0.29) is 33.1 Å². The number of hydrogen-bond donors (Lipinski definition) is 1. The molecule has 1 atom stereocenters. The van der Waals surface area contributed by atoms with Gasteiger partial charge in [0.25, 0.3) is 10.0 Å². The Morgan fingerprint density at radius 3 is 2.08 bits per heavy atom. The van der Waals surface area contributed by atoms with Crippen LogP contribution >= 0.6 is 23.2 Å². The summed E-state index contributed by atoms with van der Waals surface area (Å²) in [4.78, 5) is 28.4. The van der Waals surface area contributed by atoms with Crippen molar-refractivity contribution in [2.45, 2.75) is 58.0 Å². The molecule has 0 bridgehead atoms. The summed E-state index contributed by atoms with van der Waals surface area (Å²) in [5, 5.41) is 3.28. The molecular formula is C30H35Cl2N3O4S. The van der Waals surface area contributed by atoms with Crippen molar-refractivity contribution >= 4 is 50.7 Å². The third kappa shape index (κ3) is 7.99. The van der Waals surface area contributed by atoms with Gasteiger partial charge in [-0.05, 0) is 63.1 Å². The largest absolute Gasteiger partial charge is 0.354 e. The van der Waals surface area contributed by atoms with Crippen LogP contribution in [0.5, 0.6) is 0 Å². The zero-order chi connectivity index (χ0) is 29.4. The molecule has 0 aliphatic carbocycles. The standard InChI is InChI=1S/C30H35Cl2N3O4S/c1-5-6-17-33-30(37)23(4)34(19-24-11-7-21(2)8-12-24)29(36)20-35(25-13-16-27(31)28(32)18-25)40(38,39)26-14-9-22(3)10-15-26/h7-16,18,23H,5-6,17,19-20H2,1-4H3,(H,33,37)/t23-/m0/s1. The molecule has 0 spiro atoms. The molecule has 0 heterocycles. The van der Waals surface area contributed by atoms with Crippen LogP contribution in [-0.4, -0.2) is 44.3 Å². The van der Waals surface area contributed by atoms with Crippen LogP contribution in [0, 0.1) is 13.8 Å². The summed E-state index contributed by atoms with van der Waals surface area (Å²) < 4.78 is 28.8. The number of nitrogens with one attached hydrogen (secondary N) is 1. The monoisotopic (exact) mass is 603 g/mol. The minimum absolute atomic E-state index is 0.0208. The molecule has 3 rings (SSSR count). The van der Waals surface area contributed by atoms with Gasteiger partial charge in [0.2, 0.25) is 11.8 Å². The first-order chi connectivity index (χ1) is 18.9. The quantitative estimate of drug-likeness (QED) is 0.252. The van der Waals surface area contributed by atoms with Crippen LogP contribution in [-0.2, 0) is 26.2 Å². The second-order valence-corrected chi connectivity index (χ2v) is 12.4. The molecule has 3 aromatic carbocycles. The Morgan fingerprint density at radius 1 is 0.900 bits per heavy atom. The Labute approximate surface area is 247 Å². The molecule has 10 heteroatoms. The molecule has 1 N–H and O–H groups in total. The summed E-state index contributed by atoms with van der Waals surface area (Å²) in [6.07, 6.45) is 1.72. The molecule has 0 aromatic heterocycles. The minimum atomic E-state index is -4.19. The summed E-state index contributed by atoms with van der Waals surface area (Å²) >= 11 is 12.3. The topological polar surface area (TPSA) is 86.8 Å². The van der Waals surface area contributed by atoms with Crippen molar-refractivity contribution in [3.8, 4) is 0 Å². The predicted octanol–water partition coefficient (Wildman–Crippen LogP) is 6.14. The van der Waals surface area contributed by atoms with E-state index in [2.05, 4.69) is 5.32 Å². The summed E-state index contributed by atoms with van der Waals surface area (Å²) in [6, 6.07) is 17.5. The molecule has 3 aromatic rings. The molecule has 0 fully saturated rings. The van der Waals surface area contributed by atoms with Crippen molar-refractivity contribution in [1.82, 2.24) is 10.2 Å². The van der Waals surface area contributed by atoms with Crippen LogP contribution in [0.25, 0.3) is 0 Å². The second kappa shape index (κ2) is 14.0. The van der Waals surface area contributed by atoms with E-state index in [1.807, 2.05) is 45.0 Å². The number of halogens is 2. The van der Waals surface area contributed by atoms with E-state index in [0.717, 1.165) is 33.8 Å². The van der Waals surface area contributed by atoms with Crippen LogP contribution in [0.2, 0.25) is 10.0 Å². The highest BCUT2D eigenvalue weighted by Crippen LogP contribution is 2.31. The van der Waals surface area contributed by atoms with Gasteiger partial charge in [0.15, 0.2) is 0 Å². The second-order valence-electron chi connectivity index (χ2n) is 9.75. The molecule has 0 unspecified atom stereocenters. The number of aryl methyl sites for hydroxylation is 2. The first-order valence-corrected chi connectivity index (χ1v) is 15.3. The maximum atomic E-state index is 13.9. The van der Waals surface area contributed by atoms with Crippen molar-refractivity contribution in [3.05, 3.63) is 93.5 Å². The van der Waals surface area contributed by atoms with Gasteiger partial charge in [0.1, 0.15) is 12.6 Å². The van der Waals surface area contributed by atoms with Gasteiger partial charge in [-0.3, -0.25) is 13.9 Å². The van der Waals surface area contributed by atoms with Gasteiger partial charge < -0.3 is 10.2 Å². The first-order valence-electron chi connectivity index (χ1n) is 13.1. The zero-order valence-corrected chi connectivity index (χ0v) is 25.5. The molecule has 0 saturated heterocycles. The van der Waals surface area contributed by atoms with Gasteiger partial charge in [-0.2, -0.15) is 0 Å². The van der Waals surface area contributed by atoms with Crippen molar-refractivity contribution in [2.75, 3.05) is 17.4 Å². The molecule has 0 aliphatic rings. The van der Waals surface area contributed by atoms with Gasteiger partial charge in [0.05, 0.1) is 20.6 Å². The summed E-state index contributed by atoms with van der Waals surface area (Å²) in [5.41, 5.74) is 2.94. The molecule has 0 saturated carbocycles. The summed E-state index contributed by atoms with van der Waals surface area (Å²) in [5.74, 6) is -0.850. The summed E-state index contributed by atoms with van der Waals surface area (Å²) in [6.45, 7) is 7.55. The van der Waals surface area contributed by atoms with Crippen LogP contribution in [0.4, 0.5) is 5.69 Å². The smallest absolute Gasteiger partial charge is 0.264 e. The first kappa shape index (κ1) is 31.5. The fraction of sp³-hybridized carbons (Fsp3) is 0.333. The lowest BCUT2D eigenvalue weighted by Crippen LogP contribution is -2.51. The average molecular weight is 605 g/mol. The Hall–Kier alpha value is -3.07. The normalized spacial score (nSPS) is 12.1. The molecule has 0 aliphatic heterocycles. The minimum Gasteiger partial charge on any atom is -0.354 e. The maximum Gasteiger partial charge on any atom is 0.264 e. The number of amides is 2. The fourth-order valence-corrected chi connectivity index (χ4v) is 5.71. The van der Waals surface area contributed by atoms with Gasteiger partial charge in [-0.25, -0.2) is 8.42 Å². The number of nitrogens with zero attached hydrogens (tertiary/aromatic N) is 2. The highest BCUT2D eigenvalue weighted by atomic mass is 35.5. The van der Waals surface area contributed by atoms with Crippen molar-refractivity contribution in [2.24, 2.45) is 0 Å². The number of anilines is 1. The molecule has 214 valence electrons. The van der Waals surface area contributed by atoms with E-state index in [4.69, 9.17) is 23.2 Å². The number of carbonyl (C=O) groups excluding carboxylic acids is 2. The molecule has 0 radical (unpaired) electrons. The van der Waals surface area contributed by atoms with E-state index in [1.54, 1.807) is 19.1 Å². The lowest BCUT2D eigenvalue weighted by Gasteiger charge is -2.32. The fourth-order valence-electron chi connectivity index (χ4n) is 4.02. The number of hydrogen-bond acceptors (Lipinski definition) is 4. The van der Waals surface area contributed by atoms with Crippen LogP contribution in [0.3, 0.4) is 0 Å². The van der Waals surface area contributed by atoms with Crippen molar-refractivity contribution in [3.63, 3.8) is 0 Å². The third-order valence-corrected chi connectivity index (χ3v) is 9.08. The average Bonchev–Trinajstić information content (AvgIpc) is 2.92. The van der Waals surface area contributed by atoms with Crippen LogP contribution < -0.4 is 9.62 Å². The van der Waals surface area contributed by atoms with E-state index in [0.29, 0.717) is 6.54 Å². The van der Waals surface area contributed by atoms with Crippen LogP contribution in [0.15, 0.2) is 71.6 Å². The Morgan fingerprint density at radius 2 is 1.50 bits per heavy atom. The highest BCUT2D eigenvalue weighted by Gasteiger charge is 2.32. The number of rotatable bonds is 12. The molecule has 40 heavy (non-hydrogen) atoms. The van der Waals surface area contributed by atoms with Gasteiger partial charge in [0, 0.05) is 13.1 Å². The van der Waals surface area contributed by atoms with E-state index in [1.165, 1.54) is 35.2 Å². The molecule has 2 amide bonds. The summed E-state index contributed by atoms with van der Waals surface area (Å²) in [7, 11) is -4.19. The number of unbranched alkanes of at least 4 members (excludes halogenated alkanes) is 1. The van der Waals surface area contributed by atoms with Crippen molar-refractivity contribution in [1.29, 1.82) is 0 Å². The molecule has 7 nitrogen and oxygen atoms in total. The van der Waals surface area contributed by atoms with E-state index >= 15 is 0 Å². The zero-order valence-electron chi connectivity index (χ0n) is 23.2. The number of carbonyl (C=O) groups is 2. The van der Waals surface area contributed by atoms with Gasteiger partial charge >= 0.3 is 0 Å². The van der Waals surface area contributed by atoms with Gasteiger partial charge in [-0.15, -0.1) is 0 Å². The lowest BCUT2D eigenvalue weighted by atomic mass is 10.1. The van der Waals surface area contributed by atoms with Gasteiger partial charge in [-0.1, -0.05) is 84.1 Å². The van der Waals surface area contributed by atoms with Crippen LogP contribution in [0.1, 0.15) is 43.4 Å². The van der Waals surface area contributed by atoms with Crippen molar-refractivity contribution < 1.29 is 18.0 Å². The Balaban J connectivity index is 2.02. The SMILES string of the molecule is CCCCNC(=O)[C@H](C)N(Cc1ccc(C)cc1)C(=O)CN(c1ccc(Cl)c(Cl)c1)S(=O)(=O)c1ccc(C)cc1. The Bertz CT molecular complexity index is 1430. The third-order valence-electron chi connectivity index (χ3n) is 6.55.